The maximum atomic E-state index is 11.7. The summed E-state index contributed by atoms with van der Waals surface area (Å²) in [7, 11) is 0. The van der Waals surface area contributed by atoms with Gasteiger partial charge in [-0.2, -0.15) is 0 Å². The Morgan fingerprint density at radius 1 is 1.16 bits per heavy atom. The Morgan fingerprint density at radius 3 is 2.56 bits per heavy atom. The maximum absolute atomic E-state index is 11.7. The average Bonchev–Trinajstić information content (AvgIpc) is 3.10. The van der Waals surface area contributed by atoms with Crippen LogP contribution in [0, 0.1) is 12.8 Å². The lowest BCUT2D eigenvalue weighted by Crippen LogP contribution is -2.26. The number of carbonyl (C=O) groups is 1. The van der Waals surface area contributed by atoms with E-state index in [-0.39, 0.29) is 12.0 Å². The van der Waals surface area contributed by atoms with Crippen molar-refractivity contribution >= 4 is 11.7 Å². The van der Waals surface area contributed by atoms with Crippen LogP contribution in [-0.4, -0.2) is 25.7 Å². The number of ether oxygens (including phenoxy) is 1. The Kier molecular flexibility index (Phi) is 5.68. The number of benzene rings is 2. The van der Waals surface area contributed by atoms with Crippen molar-refractivity contribution in [1.82, 2.24) is 10.9 Å². The predicted octanol–water partition coefficient (Wildman–Crippen LogP) is 3.05. The fourth-order valence-electron chi connectivity index (χ4n) is 3.04. The highest BCUT2D eigenvalue weighted by Crippen LogP contribution is 2.25. The molecule has 0 aliphatic carbocycles. The Balaban J connectivity index is 1.59. The lowest BCUT2D eigenvalue weighted by Gasteiger charge is -2.20. The number of rotatable bonds is 6. The highest BCUT2D eigenvalue weighted by Gasteiger charge is 2.27. The third-order valence-corrected chi connectivity index (χ3v) is 4.49. The molecule has 1 saturated heterocycles. The zero-order chi connectivity index (χ0) is 17.6. The molecular formula is C20H25N3O2. The van der Waals surface area contributed by atoms with Crippen molar-refractivity contribution in [3.05, 3.63) is 65.2 Å². The number of hydrogen-bond acceptors (Lipinski definition) is 5. The van der Waals surface area contributed by atoms with E-state index in [1.165, 1.54) is 11.1 Å². The van der Waals surface area contributed by atoms with E-state index < -0.39 is 0 Å². The monoisotopic (exact) mass is 339 g/mol. The van der Waals surface area contributed by atoms with Crippen LogP contribution in [0.2, 0.25) is 0 Å². The molecule has 25 heavy (non-hydrogen) atoms. The van der Waals surface area contributed by atoms with Gasteiger partial charge in [-0.05, 0) is 43.7 Å². The Bertz CT molecular complexity index is 698. The van der Waals surface area contributed by atoms with Gasteiger partial charge in [0.2, 0.25) is 0 Å². The number of carbonyl (C=O) groups excluding carboxylic acids is 1. The second kappa shape index (κ2) is 8.14. The van der Waals surface area contributed by atoms with E-state index in [1.54, 1.807) is 12.1 Å². The first-order valence-electron chi connectivity index (χ1n) is 8.73. The standard InChI is InChI=1S/C20H25N3O2/c1-3-25-20(24)16-8-10-18(11-9-16)21-12-17-13-22-23-19(17)15-6-4-14(2)5-7-15/h4-11,17,19,21-23H,3,12-13H2,1-2H3. The molecule has 2 aromatic rings. The van der Waals surface area contributed by atoms with Crippen LogP contribution in [-0.2, 0) is 4.74 Å². The first-order valence-corrected chi connectivity index (χ1v) is 8.73. The van der Waals surface area contributed by atoms with E-state index in [4.69, 9.17) is 4.74 Å². The minimum absolute atomic E-state index is 0.280. The van der Waals surface area contributed by atoms with Gasteiger partial charge in [-0.3, -0.25) is 5.43 Å². The number of anilines is 1. The zero-order valence-electron chi connectivity index (χ0n) is 14.7. The van der Waals surface area contributed by atoms with E-state index >= 15 is 0 Å². The zero-order valence-corrected chi connectivity index (χ0v) is 14.7. The molecule has 0 radical (unpaired) electrons. The third kappa shape index (κ3) is 4.38. The van der Waals surface area contributed by atoms with E-state index in [1.807, 2.05) is 19.1 Å². The lowest BCUT2D eigenvalue weighted by molar-refractivity contribution is 0.0526. The van der Waals surface area contributed by atoms with Gasteiger partial charge in [-0.25, -0.2) is 10.2 Å². The van der Waals surface area contributed by atoms with Crippen LogP contribution in [0.1, 0.15) is 34.5 Å². The maximum Gasteiger partial charge on any atom is 0.338 e. The van der Waals surface area contributed by atoms with Crippen LogP contribution in [0.15, 0.2) is 48.5 Å². The van der Waals surface area contributed by atoms with E-state index in [2.05, 4.69) is 47.4 Å². The van der Waals surface area contributed by atoms with Crippen LogP contribution in [0.3, 0.4) is 0 Å². The molecule has 1 fully saturated rings. The summed E-state index contributed by atoms with van der Waals surface area (Å²) in [5.41, 5.74) is 10.8. The van der Waals surface area contributed by atoms with Crippen molar-refractivity contribution in [3.8, 4) is 0 Å². The van der Waals surface area contributed by atoms with Crippen LogP contribution in [0.25, 0.3) is 0 Å². The Morgan fingerprint density at radius 2 is 1.88 bits per heavy atom. The molecule has 1 aliphatic heterocycles. The highest BCUT2D eigenvalue weighted by molar-refractivity contribution is 5.89. The molecule has 0 aromatic heterocycles. The molecule has 1 heterocycles. The van der Waals surface area contributed by atoms with Crippen LogP contribution < -0.4 is 16.2 Å². The molecule has 0 bridgehead atoms. The van der Waals surface area contributed by atoms with Gasteiger partial charge in [-0.15, -0.1) is 0 Å². The summed E-state index contributed by atoms with van der Waals surface area (Å²) in [6, 6.07) is 16.4. The second-order valence-corrected chi connectivity index (χ2v) is 6.35. The summed E-state index contributed by atoms with van der Waals surface area (Å²) >= 11 is 0. The predicted molar refractivity (Wildman–Crippen MR) is 99.4 cm³/mol. The summed E-state index contributed by atoms with van der Waals surface area (Å²) in [4.78, 5) is 11.7. The number of nitrogens with one attached hydrogen (secondary N) is 3. The number of hydrazine groups is 1. The molecule has 2 unspecified atom stereocenters. The van der Waals surface area contributed by atoms with E-state index in [0.717, 1.165) is 18.8 Å². The Labute approximate surface area is 148 Å². The van der Waals surface area contributed by atoms with Crippen molar-refractivity contribution < 1.29 is 9.53 Å². The minimum atomic E-state index is -0.280. The molecule has 5 nitrogen and oxygen atoms in total. The van der Waals surface area contributed by atoms with Crippen molar-refractivity contribution in [2.45, 2.75) is 19.9 Å². The van der Waals surface area contributed by atoms with Gasteiger partial charge in [0.25, 0.3) is 0 Å². The molecule has 1 aliphatic rings. The molecule has 5 heteroatoms. The summed E-state index contributed by atoms with van der Waals surface area (Å²) in [5, 5.41) is 3.46. The fraction of sp³-hybridized carbons (Fsp3) is 0.350. The summed E-state index contributed by atoms with van der Waals surface area (Å²) in [6.45, 7) is 6.05. The van der Waals surface area contributed by atoms with Crippen LogP contribution in [0.5, 0.6) is 0 Å². The van der Waals surface area contributed by atoms with Crippen LogP contribution in [0.4, 0.5) is 5.69 Å². The SMILES string of the molecule is CCOC(=O)c1ccc(NCC2CNNC2c2ccc(C)cc2)cc1. The summed E-state index contributed by atoms with van der Waals surface area (Å²) in [5.74, 6) is 0.158. The van der Waals surface area contributed by atoms with E-state index in [9.17, 15) is 4.79 Å². The largest absolute Gasteiger partial charge is 0.462 e. The van der Waals surface area contributed by atoms with Crippen molar-refractivity contribution in [2.24, 2.45) is 5.92 Å². The van der Waals surface area contributed by atoms with Gasteiger partial charge in [0.15, 0.2) is 0 Å². The topological polar surface area (TPSA) is 62.4 Å². The first-order chi connectivity index (χ1) is 12.2. The van der Waals surface area contributed by atoms with Crippen molar-refractivity contribution in [1.29, 1.82) is 0 Å². The van der Waals surface area contributed by atoms with Gasteiger partial charge in [0.05, 0.1) is 18.2 Å². The molecule has 132 valence electrons. The fourth-order valence-corrected chi connectivity index (χ4v) is 3.04. The molecule has 2 aromatic carbocycles. The van der Waals surface area contributed by atoms with Crippen molar-refractivity contribution in [3.63, 3.8) is 0 Å². The van der Waals surface area contributed by atoms with Gasteiger partial charge < -0.3 is 10.1 Å². The molecule has 0 spiro atoms. The quantitative estimate of drug-likeness (QED) is 0.706. The smallest absolute Gasteiger partial charge is 0.338 e. The second-order valence-electron chi connectivity index (χ2n) is 6.35. The summed E-state index contributed by atoms with van der Waals surface area (Å²) in [6.07, 6.45) is 0. The van der Waals surface area contributed by atoms with Gasteiger partial charge in [0, 0.05) is 24.7 Å². The normalized spacial score (nSPS) is 19.6. The third-order valence-electron chi connectivity index (χ3n) is 4.49. The number of hydrogen-bond donors (Lipinski definition) is 3. The lowest BCUT2D eigenvalue weighted by atomic mass is 9.94. The molecule has 0 amide bonds. The van der Waals surface area contributed by atoms with Gasteiger partial charge in [-0.1, -0.05) is 29.8 Å². The molecular weight excluding hydrogens is 314 g/mol. The van der Waals surface area contributed by atoms with Crippen LogP contribution >= 0.6 is 0 Å². The minimum Gasteiger partial charge on any atom is -0.462 e. The Hall–Kier alpha value is -2.37. The molecule has 2 atom stereocenters. The summed E-state index contributed by atoms with van der Waals surface area (Å²) < 4.78 is 5.00. The number of aryl methyl sites for hydroxylation is 1. The highest BCUT2D eigenvalue weighted by atomic mass is 16.5. The molecule has 0 saturated carbocycles. The average molecular weight is 339 g/mol. The number of esters is 1. The molecule has 3 N–H and O–H groups in total. The first kappa shape index (κ1) is 17.5. The van der Waals surface area contributed by atoms with Gasteiger partial charge >= 0.3 is 5.97 Å². The van der Waals surface area contributed by atoms with Gasteiger partial charge in [0.1, 0.15) is 0 Å². The van der Waals surface area contributed by atoms with E-state index in [0.29, 0.717) is 18.1 Å². The molecule has 3 rings (SSSR count). The van der Waals surface area contributed by atoms with Crippen molar-refractivity contribution in [2.75, 3.05) is 25.0 Å².